The third-order valence-corrected chi connectivity index (χ3v) is 3.90. The van der Waals surface area contributed by atoms with Crippen LogP contribution in [0.4, 0.5) is 11.5 Å². The fraction of sp³-hybridized carbons (Fsp3) is 0.250. The molecule has 0 aliphatic carbocycles. The van der Waals surface area contributed by atoms with E-state index in [9.17, 15) is 0 Å². The number of aromatic nitrogens is 1. The van der Waals surface area contributed by atoms with E-state index in [-0.39, 0.29) is 0 Å². The molecular formula is C16H17N3S. The van der Waals surface area contributed by atoms with E-state index in [4.69, 9.17) is 18.0 Å². The molecule has 1 aromatic heterocycles. The Bertz CT molecular complexity index is 667. The number of fused-ring (bicyclic) bond motifs is 1. The van der Waals surface area contributed by atoms with Gasteiger partial charge in [0, 0.05) is 24.0 Å². The van der Waals surface area contributed by atoms with E-state index in [1.165, 1.54) is 16.8 Å². The minimum atomic E-state index is 0.412. The smallest absolute Gasteiger partial charge is 0.133 e. The van der Waals surface area contributed by atoms with E-state index in [2.05, 4.69) is 35.0 Å². The van der Waals surface area contributed by atoms with Crippen molar-refractivity contribution < 1.29 is 0 Å². The van der Waals surface area contributed by atoms with E-state index in [0.29, 0.717) is 4.99 Å². The fourth-order valence-electron chi connectivity index (χ4n) is 2.68. The quantitative estimate of drug-likeness (QED) is 0.860. The second kappa shape index (κ2) is 5.21. The first-order chi connectivity index (χ1) is 9.65. The highest BCUT2D eigenvalue weighted by molar-refractivity contribution is 7.80. The van der Waals surface area contributed by atoms with E-state index in [0.717, 1.165) is 30.8 Å². The summed E-state index contributed by atoms with van der Waals surface area (Å²) in [4.78, 5) is 7.14. The van der Waals surface area contributed by atoms with Crippen LogP contribution >= 0.6 is 12.2 Å². The number of nitrogens with zero attached hydrogens (tertiary/aromatic N) is 2. The standard InChI is InChI=1S/C16H17N3S/c1-11-4-5-14-12(9-11)3-2-8-19(14)15-10-13(16(17)20)6-7-18-15/h4-7,9-10H,2-3,8H2,1H3,(H2,17,20). The Hall–Kier alpha value is -1.94. The van der Waals surface area contributed by atoms with Gasteiger partial charge in [-0.2, -0.15) is 0 Å². The molecule has 0 fully saturated rings. The van der Waals surface area contributed by atoms with Crippen molar-refractivity contribution in [1.29, 1.82) is 0 Å². The molecule has 0 saturated heterocycles. The minimum absolute atomic E-state index is 0.412. The molecule has 0 saturated carbocycles. The lowest BCUT2D eigenvalue weighted by Gasteiger charge is -2.30. The molecule has 1 aliphatic heterocycles. The molecule has 0 atom stereocenters. The zero-order chi connectivity index (χ0) is 14.1. The maximum Gasteiger partial charge on any atom is 0.133 e. The van der Waals surface area contributed by atoms with E-state index < -0.39 is 0 Å². The molecule has 1 aromatic carbocycles. The number of hydrogen-bond donors (Lipinski definition) is 1. The van der Waals surface area contributed by atoms with Gasteiger partial charge >= 0.3 is 0 Å². The van der Waals surface area contributed by atoms with Gasteiger partial charge in [0.25, 0.3) is 0 Å². The van der Waals surface area contributed by atoms with Crippen LogP contribution in [0.2, 0.25) is 0 Å². The lowest BCUT2D eigenvalue weighted by molar-refractivity contribution is 0.759. The number of benzene rings is 1. The van der Waals surface area contributed by atoms with Crippen LogP contribution in [0.15, 0.2) is 36.5 Å². The highest BCUT2D eigenvalue weighted by atomic mass is 32.1. The van der Waals surface area contributed by atoms with Crippen molar-refractivity contribution in [2.75, 3.05) is 11.4 Å². The van der Waals surface area contributed by atoms with E-state index in [1.54, 1.807) is 6.20 Å². The van der Waals surface area contributed by atoms with Gasteiger partial charge in [-0.15, -0.1) is 0 Å². The van der Waals surface area contributed by atoms with Gasteiger partial charge in [0.2, 0.25) is 0 Å². The van der Waals surface area contributed by atoms with Gasteiger partial charge in [0.1, 0.15) is 10.8 Å². The van der Waals surface area contributed by atoms with Gasteiger partial charge in [0.15, 0.2) is 0 Å². The van der Waals surface area contributed by atoms with Crippen LogP contribution < -0.4 is 10.6 Å². The predicted octanol–water partition coefficient (Wildman–Crippen LogP) is 3.11. The molecule has 102 valence electrons. The number of rotatable bonds is 2. The SMILES string of the molecule is Cc1ccc2c(c1)CCCN2c1cc(C(N)=S)ccn1. The summed E-state index contributed by atoms with van der Waals surface area (Å²) in [7, 11) is 0. The number of anilines is 2. The second-order valence-corrected chi connectivity index (χ2v) is 5.59. The van der Waals surface area contributed by atoms with E-state index >= 15 is 0 Å². The van der Waals surface area contributed by atoms with Gasteiger partial charge < -0.3 is 10.6 Å². The molecule has 0 radical (unpaired) electrons. The summed E-state index contributed by atoms with van der Waals surface area (Å²) in [5.41, 5.74) is 10.5. The van der Waals surface area contributed by atoms with Crippen molar-refractivity contribution in [2.24, 2.45) is 5.73 Å². The average Bonchev–Trinajstić information content (AvgIpc) is 2.46. The summed E-state index contributed by atoms with van der Waals surface area (Å²) < 4.78 is 0. The summed E-state index contributed by atoms with van der Waals surface area (Å²) in [5, 5.41) is 0. The molecule has 0 amide bonds. The third kappa shape index (κ3) is 2.39. The van der Waals surface area contributed by atoms with Crippen LogP contribution in [-0.2, 0) is 6.42 Å². The summed E-state index contributed by atoms with van der Waals surface area (Å²) in [6.45, 7) is 3.11. The summed E-state index contributed by atoms with van der Waals surface area (Å²) >= 11 is 5.05. The first kappa shape index (κ1) is 13.1. The molecule has 3 rings (SSSR count). The van der Waals surface area contributed by atoms with Crippen molar-refractivity contribution in [3.8, 4) is 0 Å². The summed E-state index contributed by atoms with van der Waals surface area (Å²) in [6, 6.07) is 10.4. The molecule has 2 heterocycles. The van der Waals surface area contributed by atoms with Crippen LogP contribution in [-0.4, -0.2) is 16.5 Å². The zero-order valence-electron chi connectivity index (χ0n) is 11.5. The fourth-order valence-corrected chi connectivity index (χ4v) is 2.81. The van der Waals surface area contributed by atoms with Crippen molar-refractivity contribution in [3.63, 3.8) is 0 Å². The largest absolute Gasteiger partial charge is 0.389 e. The van der Waals surface area contributed by atoms with Gasteiger partial charge in [-0.25, -0.2) is 4.98 Å². The summed E-state index contributed by atoms with van der Waals surface area (Å²) in [6.07, 6.45) is 4.03. The first-order valence-electron chi connectivity index (χ1n) is 6.78. The van der Waals surface area contributed by atoms with Crippen LogP contribution in [0.25, 0.3) is 0 Å². The molecule has 2 aromatic rings. The normalized spacial score (nSPS) is 13.9. The van der Waals surface area contributed by atoms with Crippen LogP contribution in [0.5, 0.6) is 0 Å². The minimum Gasteiger partial charge on any atom is -0.389 e. The maximum atomic E-state index is 5.71. The molecule has 0 spiro atoms. The van der Waals surface area contributed by atoms with Crippen LogP contribution in [0, 0.1) is 6.92 Å². The first-order valence-corrected chi connectivity index (χ1v) is 7.19. The predicted molar refractivity (Wildman–Crippen MR) is 86.6 cm³/mol. The lowest BCUT2D eigenvalue weighted by atomic mass is 9.99. The highest BCUT2D eigenvalue weighted by Gasteiger charge is 2.19. The van der Waals surface area contributed by atoms with Crippen molar-refractivity contribution in [2.45, 2.75) is 19.8 Å². The van der Waals surface area contributed by atoms with Gasteiger partial charge in [-0.3, -0.25) is 0 Å². The molecular weight excluding hydrogens is 266 g/mol. The maximum absolute atomic E-state index is 5.71. The molecule has 4 heteroatoms. The van der Waals surface area contributed by atoms with Crippen molar-refractivity contribution in [1.82, 2.24) is 4.98 Å². The van der Waals surface area contributed by atoms with Crippen LogP contribution in [0.1, 0.15) is 23.1 Å². The Labute approximate surface area is 124 Å². The topological polar surface area (TPSA) is 42.1 Å². The molecule has 1 aliphatic rings. The van der Waals surface area contributed by atoms with Crippen molar-refractivity contribution in [3.05, 3.63) is 53.2 Å². The zero-order valence-corrected chi connectivity index (χ0v) is 12.3. The van der Waals surface area contributed by atoms with E-state index in [1.807, 2.05) is 12.1 Å². The third-order valence-electron chi connectivity index (χ3n) is 3.66. The Morgan fingerprint density at radius 1 is 1.30 bits per heavy atom. The molecule has 0 unspecified atom stereocenters. The second-order valence-electron chi connectivity index (χ2n) is 5.15. The highest BCUT2D eigenvalue weighted by Crippen LogP contribution is 2.33. The summed E-state index contributed by atoms with van der Waals surface area (Å²) in [5.74, 6) is 0.917. The Balaban J connectivity index is 2.04. The number of hydrogen-bond acceptors (Lipinski definition) is 3. The monoisotopic (exact) mass is 283 g/mol. The van der Waals surface area contributed by atoms with Gasteiger partial charge in [-0.05, 0) is 43.5 Å². The number of thiocarbonyl (C=S) groups is 1. The van der Waals surface area contributed by atoms with Crippen molar-refractivity contribution >= 4 is 28.7 Å². The van der Waals surface area contributed by atoms with Gasteiger partial charge in [0.05, 0.1) is 0 Å². The number of nitrogens with two attached hydrogens (primary N) is 1. The number of pyridine rings is 1. The molecule has 3 nitrogen and oxygen atoms in total. The van der Waals surface area contributed by atoms with Crippen LogP contribution in [0.3, 0.4) is 0 Å². The lowest BCUT2D eigenvalue weighted by Crippen LogP contribution is -2.25. The Kier molecular flexibility index (Phi) is 3.40. The molecule has 20 heavy (non-hydrogen) atoms. The Morgan fingerprint density at radius 3 is 2.95 bits per heavy atom. The number of aryl methyl sites for hydroxylation is 2. The Morgan fingerprint density at radius 2 is 2.15 bits per heavy atom. The molecule has 2 N–H and O–H groups in total. The van der Waals surface area contributed by atoms with Gasteiger partial charge in [-0.1, -0.05) is 29.9 Å². The molecule has 0 bridgehead atoms. The average molecular weight is 283 g/mol.